The number of amides is 1. The number of benzene rings is 1. The van der Waals surface area contributed by atoms with Gasteiger partial charge in [0.25, 0.3) is 0 Å². The Morgan fingerprint density at radius 2 is 2.33 bits per heavy atom. The van der Waals surface area contributed by atoms with Crippen LogP contribution in [0.3, 0.4) is 0 Å². The molecule has 2 rings (SSSR count). The molecule has 1 atom stereocenters. The molecule has 0 aromatic heterocycles. The molecule has 1 N–H and O–H groups in total. The lowest BCUT2D eigenvalue weighted by molar-refractivity contribution is -0.124. The molecule has 0 bridgehead atoms. The van der Waals surface area contributed by atoms with E-state index in [0.29, 0.717) is 6.54 Å². The normalized spacial score (nSPS) is 19.3. The molecule has 1 aromatic carbocycles. The van der Waals surface area contributed by atoms with Gasteiger partial charge in [0.15, 0.2) is 0 Å². The van der Waals surface area contributed by atoms with Crippen LogP contribution in [0.2, 0.25) is 0 Å². The molecule has 1 fully saturated rings. The summed E-state index contributed by atoms with van der Waals surface area (Å²) in [5, 5.41) is 3.01. The van der Waals surface area contributed by atoms with Crippen molar-refractivity contribution in [3.63, 3.8) is 0 Å². The number of para-hydroxylation sites is 1. The lowest BCUT2D eigenvalue weighted by Gasteiger charge is -2.20. The Bertz CT molecular complexity index is 403. The summed E-state index contributed by atoms with van der Waals surface area (Å²) >= 11 is 1.88. The minimum absolute atomic E-state index is 0.174. The third-order valence-electron chi connectivity index (χ3n) is 3.18. The van der Waals surface area contributed by atoms with Crippen LogP contribution in [0.4, 0.5) is 0 Å². The molecular weight excluding hydrogens is 246 g/mol. The van der Waals surface area contributed by atoms with Crippen LogP contribution in [0.25, 0.3) is 0 Å². The van der Waals surface area contributed by atoms with E-state index >= 15 is 0 Å². The molecule has 1 amide bonds. The number of hydrogen-bond donors (Lipinski definition) is 1. The fraction of sp³-hybridized carbons (Fsp3) is 0.500. The monoisotopic (exact) mass is 265 g/mol. The van der Waals surface area contributed by atoms with E-state index in [9.17, 15) is 4.79 Å². The number of hydrogen-bond acceptors (Lipinski definition) is 3. The van der Waals surface area contributed by atoms with Crippen LogP contribution in [-0.4, -0.2) is 24.5 Å². The van der Waals surface area contributed by atoms with Crippen LogP contribution in [0.1, 0.15) is 18.4 Å². The van der Waals surface area contributed by atoms with Crippen LogP contribution < -0.4 is 10.1 Å². The van der Waals surface area contributed by atoms with Crippen molar-refractivity contribution >= 4 is 17.7 Å². The van der Waals surface area contributed by atoms with E-state index in [2.05, 4.69) is 5.32 Å². The van der Waals surface area contributed by atoms with E-state index in [1.807, 2.05) is 36.0 Å². The average molecular weight is 265 g/mol. The molecular formula is C14H19NO2S. The molecule has 4 heteroatoms. The van der Waals surface area contributed by atoms with E-state index in [4.69, 9.17) is 4.74 Å². The van der Waals surface area contributed by atoms with Crippen LogP contribution in [-0.2, 0) is 11.3 Å². The largest absolute Gasteiger partial charge is 0.496 e. The minimum atomic E-state index is 0.174. The summed E-state index contributed by atoms with van der Waals surface area (Å²) in [6.07, 6.45) is 2.17. The van der Waals surface area contributed by atoms with Gasteiger partial charge in [-0.3, -0.25) is 4.79 Å². The lowest BCUT2D eigenvalue weighted by Crippen LogP contribution is -2.33. The second-order valence-electron chi connectivity index (χ2n) is 4.44. The first kappa shape index (κ1) is 13.3. The number of methoxy groups -OCH3 is 1. The van der Waals surface area contributed by atoms with E-state index in [0.717, 1.165) is 29.9 Å². The number of carbonyl (C=O) groups excluding carboxylic acids is 1. The molecule has 3 nitrogen and oxygen atoms in total. The van der Waals surface area contributed by atoms with Crippen molar-refractivity contribution in [2.24, 2.45) is 5.92 Å². The molecule has 1 aromatic rings. The maximum Gasteiger partial charge on any atom is 0.224 e. The van der Waals surface area contributed by atoms with Gasteiger partial charge in [-0.15, -0.1) is 0 Å². The first-order valence-corrected chi connectivity index (χ1v) is 7.44. The summed E-state index contributed by atoms with van der Waals surface area (Å²) in [5.41, 5.74) is 1.02. The van der Waals surface area contributed by atoms with Gasteiger partial charge in [0.1, 0.15) is 5.75 Å². The Kier molecular flexibility index (Phi) is 4.93. The molecule has 0 aliphatic carbocycles. The van der Waals surface area contributed by atoms with Gasteiger partial charge in [0.05, 0.1) is 7.11 Å². The van der Waals surface area contributed by atoms with Crippen LogP contribution >= 0.6 is 11.8 Å². The van der Waals surface area contributed by atoms with Crippen molar-refractivity contribution in [1.82, 2.24) is 5.32 Å². The highest BCUT2D eigenvalue weighted by Crippen LogP contribution is 2.23. The van der Waals surface area contributed by atoms with Crippen molar-refractivity contribution < 1.29 is 9.53 Å². The smallest absolute Gasteiger partial charge is 0.224 e. The van der Waals surface area contributed by atoms with Crippen molar-refractivity contribution in [3.05, 3.63) is 29.8 Å². The molecule has 1 saturated heterocycles. The standard InChI is InChI=1S/C14H19NO2S/c1-17-13-7-3-2-5-11(13)9-15-14(16)12-6-4-8-18-10-12/h2-3,5,7,12H,4,6,8-10H2,1H3,(H,15,16). The zero-order valence-corrected chi connectivity index (χ0v) is 11.5. The zero-order chi connectivity index (χ0) is 12.8. The van der Waals surface area contributed by atoms with Crippen LogP contribution in [0.5, 0.6) is 5.75 Å². The number of carbonyl (C=O) groups is 1. The maximum absolute atomic E-state index is 12.0. The van der Waals surface area contributed by atoms with Gasteiger partial charge in [0, 0.05) is 23.8 Å². The molecule has 98 valence electrons. The van der Waals surface area contributed by atoms with Gasteiger partial charge < -0.3 is 10.1 Å². The summed E-state index contributed by atoms with van der Waals surface area (Å²) < 4.78 is 5.27. The third kappa shape index (κ3) is 3.42. The van der Waals surface area contributed by atoms with Gasteiger partial charge in [0.2, 0.25) is 5.91 Å². The summed E-state index contributed by atoms with van der Waals surface area (Å²) in [6, 6.07) is 7.79. The quantitative estimate of drug-likeness (QED) is 0.909. The first-order chi connectivity index (χ1) is 8.81. The van der Waals surface area contributed by atoms with Crippen LogP contribution in [0.15, 0.2) is 24.3 Å². The predicted octanol–water partition coefficient (Wildman–Crippen LogP) is 2.45. The number of rotatable bonds is 4. The van der Waals surface area contributed by atoms with E-state index < -0.39 is 0 Å². The van der Waals surface area contributed by atoms with Crippen molar-refractivity contribution in [3.8, 4) is 5.75 Å². The SMILES string of the molecule is COc1ccccc1CNC(=O)C1CCCSC1. The molecule has 0 saturated carbocycles. The predicted molar refractivity (Wildman–Crippen MR) is 74.9 cm³/mol. The highest BCUT2D eigenvalue weighted by Gasteiger charge is 2.21. The Labute approximate surface area is 112 Å². The minimum Gasteiger partial charge on any atom is -0.496 e. The number of thioether (sulfide) groups is 1. The maximum atomic E-state index is 12.0. The van der Waals surface area contributed by atoms with E-state index in [1.165, 1.54) is 5.75 Å². The van der Waals surface area contributed by atoms with Crippen molar-refractivity contribution in [2.75, 3.05) is 18.6 Å². The Balaban J connectivity index is 1.88. The van der Waals surface area contributed by atoms with Gasteiger partial charge >= 0.3 is 0 Å². The van der Waals surface area contributed by atoms with Gasteiger partial charge in [-0.1, -0.05) is 18.2 Å². The van der Waals surface area contributed by atoms with Crippen molar-refractivity contribution in [1.29, 1.82) is 0 Å². The van der Waals surface area contributed by atoms with Gasteiger partial charge in [-0.2, -0.15) is 11.8 Å². The molecule has 1 unspecified atom stereocenters. The highest BCUT2D eigenvalue weighted by molar-refractivity contribution is 7.99. The summed E-state index contributed by atoms with van der Waals surface area (Å²) in [5.74, 6) is 3.33. The second-order valence-corrected chi connectivity index (χ2v) is 5.59. The van der Waals surface area contributed by atoms with E-state index in [-0.39, 0.29) is 11.8 Å². The fourth-order valence-corrected chi connectivity index (χ4v) is 3.26. The molecule has 1 heterocycles. The first-order valence-electron chi connectivity index (χ1n) is 6.28. The molecule has 0 spiro atoms. The molecule has 1 aliphatic heterocycles. The van der Waals surface area contributed by atoms with Crippen LogP contribution in [0, 0.1) is 5.92 Å². The zero-order valence-electron chi connectivity index (χ0n) is 10.6. The topological polar surface area (TPSA) is 38.3 Å². The molecule has 1 aliphatic rings. The Hall–Kier alpha value is -1.16. The summed E-state index contributed by atoms with van der Waals surface area (Å²) in [7, 11) is 1.65. The third-order valence-corrected chi connectivity index (χ3v) is 4.39. The Morgan fingerprint density at radius 1 is 1.50 bits per heavy atom. The van der Waals surface area contributed by atoms with E-state index in [1.54, 1.807) is 7.11 Å². The van der Waals surface area contributed by atoms with Gasteiger partial charge in [-0.05, 0) is 24.7 Å². The van der Waals surface area contributed by atoms with Gasteiger partial charge in [-0.25, -0.2) is 0 Å². The van der Waals surface area contributed by atoms with Crippen molar-refractivity contribution in [2.45, 2.75) is 19.4 Å². The number of nitrogens with one attached hydrogen (secondary N) is 1. The summed E-state index contributed by atoms with van der Waals surface area (Å²) in [4.78, 5) is 12.0. The average Bonchev–Trinajstić information content (AvgIpc) is 2.46. The lowest BCUT2D eigenvalue weighted by atomic mass is 10.0. The molecule has 0 radical (unpaired) electrons. The second kappa shape index (κ2) is 6.69. The Morgan fingerprint density at radius 3 is 3.06 bits per heavy atom. The fourth-order valence-electron chi connectivity index (χ4n) is 2.12. The molecule has 18 heavy (non-hydrogen) atoms. The number of ether oxygens (including phenoxy) is 1. The summed E-state index contributed by atoms with van der Waals surface area (Å²) in [6.45, 7) is 0.546. The highest BCUT2D eigenvalue weighted by atomic mass is 32.2.